The quantitative estimate of drug-likeness (QED) is 0.515. The van der Waals surface area contributed by atoms with Crippen LogP contribution in [0.25, 0.3) is 6.08 Å². The molecule has 1 N–H and O–H groups in total. The molecule has 0 saturated heterocycles. The maximum Gasteiger partial charge on any atom is 0.290 e. The number of ether oxygens (including phenoxy) is 2. The Balaban J connectivity index is 1.76. The van der Waals surface area contributed by atoms with E-state index in [1.54, 1.807) is 36.4 Å². The topological polar surface area (TPSA) is 89.2 Å². The number of hydrogen-bond acceptors (Lipinski definition) is 6. The molecule has 3 aromatic rings. The molecule has 4 rings (SSSR count). The highest BCUT2D eigenvalue weighted by Crippen LogP contribution is 2.41. The summed E-state index contributed by atoms with van der Waals surface area (Å²) in [5.74, 6) is -0.222. The van der Waals surface area contributed by atoms with Crippen LogP contribution in [0.1, 0.15) is 22.9 Å². The number of ketones is 1. The number of benzene rings is 2. The molecule has 168 valence electrons. The van der Waals surface area contributed by atoms with Crippen molar-refractivity contribution in [3.8, 4) is 11.5 Å². The largest absolute Gasteiger partial charge is 0.503 e. The van der Waals surface area contributed by atoms with Gasteiger partial charge in [-0.3, -0.25) is 9.59 Å². The van der Waals surface area contributed by atoms with E-state index in [1.807, 2.05) is 30.3 Å². The monoisotopic (exact) mass is 445 g/mol. The van der Waals surface area contributed by atoms with E-state index in [0.717, 1.165) is 5.56 Å². The molecule has 1 aliphatic heterocycles. The van der Waals surface area contributed by atoms with Gasteiger partial charge >= 0.3 is 0 Å². The lowest BCUT2D eigenvalue weighted by Crippen LogP contribution is -2.30. The van der Waals surface area contributed by atoms with Crippen molar-refractivity contribution < 1.29 is 28.6 Å². The predicted octanol–water partition coefficient (Wildman–Crippen LogP) is 4.47. The van der Waals surface area contributed by atoms with Crippen LogP contribution in [0.15, 0.2) is 88.8 Å². The zero-order valence-corrected chi connectivity index (χ0v) is 18.2. The minimum Gasteiger partial charge on any atom is -0.503 e. The van der Waals surface area contributed by atoms with E-state index in [2.05, 4.69) is 0 Å². The van der Waals surface area contributed by atoms with Crippen LogP contribution in [-0.2, 0) is 16.1 Å². The molecule has 33 heavy (non-hydrogen) atoms. The first-order chi connectivity index (χ1) is 16.0. The van der Waals surface area contributed by atoms with Gasteiger partial charge in [0.05, 0.1) is 38.6 Å². The molecule has 0 saturated carbocycles. The fourth-order valence-electron chi connectivity index (χ4n) is 3.83. The maximum atomic E-state index is 13.2. The van der Waals surface area contributed by atoms with E-state index in [1.165, 1.54) is 31.5 Å². The van der Waals surface area contributed by atoms with Crippen molar-refractivity contribution in [3.05, 3.63) is 101 Å². The molecule has 7 nitrogen and oxygen atoms in total. The third kappa shape index (κ3) is 4.39. The maximum absolute atomic E-state index is 13.2. The third-order valence-electron chi connectivity index (χ3n) is 5.43. The number of methoxy groups -OCH3 is 2. The molecule has 1 aliphatic rings. The van der Waals surface area contributed by atoms with E-state index >= 15 is 0 Å². The third-order valence-corrected chi connectivity index (χ3v) is 5.43. The first-order valence-corrected chi connectivity index (χ1v) is 10.3. The van der Waals surface area contributed by atoms with Gasteiger partial charge in [0.25, 0.3) is 5.91 Å². The normalized spacial score (nSPS) is 16.0. The summed E-state index contributed by atoms with van der Waals surface area (Å²) in [6.07, 6.45) is 4.51. The van der Waals surface area contributed by atoms with Gasteiger partial charge in [-0.15, -0.1) is 0 Å². The molecular weight excluding hydrogens is 422 g/mol. The fraction of sp³-hybridized carbons (Fsp3) is 0.154. The van der Waals surface area contributed by atoms with Crippen molar-refractivity contribution in [3.63, 3.8) is 0 Å². The molecule has 0 spiro atoms. The SMILES string of the molecule is COc1ccc(C2C(C(=O)C=Cc3ccccc3)=C(O)C(=O)N2Cc2ccco2)cc1OC. The Morgan fingerprint density at radius 1 is 1.06 bits per heavy atom. The number of allylic oxidation sites excluding steroid dienone is 1. The van der Waals surface area contributed by atoms with Crippen molar-refractivity contribution in [1.29, 1.82) is 0 Å². The van der Waals surface area contributed by atoms with Crippen molar-refractivity contribution in [2.24, 2.45) is 0 Å². The average Bonchev–Trinajstić information content (AvgIpc) is 3.45. The molecule has 1 unspecified atom stereocenters. The summed E-state index contributed by atoms with van der Waals surface area (Å²) in [6.45, 7) is 0.0775. The first-order valence-electron chi connectivity index (χ1n) is 10.3. The second kappa shape index (κ2) is 9.48. The number of furan rings is 1. The van der Waals surface area contributed by atoms with Gasteiger partial charge in [-0.2, -0.15) is 0 Å². The molecule has 7 heteroatoms. The predicted molar refractivity (Wildman–Crippen MR) is 122 cm³/mol. The van der Waals surface area contributed by atoms with Crippen LogP contribution in [0.3, 0.4) is 0 Å². The molecule has 2 heterocycles. The van der Waals surface area contributed by atoms with E-state index in [4.69, 9.17) is 13.9 Å². The Morgan fingerprint density at radius 3 is 2.48 bits per heavy atom. The Kier molecular flexibility index (Phi) is 6.31. The Hall–Kier alpha value is -4.26. The van der Waals surface area contributed by atoms with Gasteiger partial charge in [0, 0.05) is 0 Å². The van der Waals surface area contributed by atoms with Crippen LogP contribution >= 0.6 is 0 Å². The van der Waals surface area contributed by atoms with Crippen LogP contribution in [0, 0.1) is 0 Å². The van der Waals surface area contributed by atoms with Crippen molar-refractivity contribution in [2.75, 3.05) is 14.2 Å². The molecule has 2 aromatic carbocycles. The Morgan fingerprint density at radius 2 is 1.82 bits per heavy atom. The van der Waals surface area contributed by atoms with Crippen LogP contribution in [0.4, 0.5) is 0 Å². The number of aliphatic hydroxyl groups is 1. The van der Waals surface area contributed by atoms with Gasteiger partial charge in [-0.05, 0) is 41.5 Å². The number of rotatable bonds is 8. The van der Waals surface area contributed by atoms with Gasteiger partial charge in [-0.1, -0.05) is 42.5 Å². The van der Waals surface area contributed by atoms with E-state index in [-0.39, 0.29) is 12.1 Å². The van der Waals surface area contributed by atoms with Gasteiger partial charge in [0.1, 0.15) is 5.76 Å². The molecule has 0 aliphatic carbocycles. The summed E-state index contributed by atoms with van der Waals surface area (Å²) in [6, 6.07) is 17.0. The molecule has 0 bridgehead atoms. The van der Waals surface area contributed by atoms with Gasteiger partial charge in [0.2, 0.25) is 0 Å². The van der Waals surface area contributed by atoms with Gasteiger partial charge in [0.15, 0.2) is 23.0 Å². The van der Waals surface area contributed by atoms with E-state index in [0.29, 0.717) is 22.8 Å². The summed E-state index contributed by atoms with van der Waals surface area (Å²) >= 11 is 0. The summed E-state index contributed by atoms with van der Waals surface area (Å²) in [7, 11) is 3.03. The summed E-state index contributed by atoms with van der Waals surface area (Å²) in [4.78, 5) is 27.6. The summed E-state index contributed by atoms with van der Waals surface area (Å²) in [5.41, 5.74) is 1.41. The molecule has 0 radical (unpaired) electrons. The van der Waals surface area contributed by atoms with E-state index < -0.39 is 23.5 Å². The Labute approximate surface area is 191 Å². The standard InChI is InChI=1S/C26H23NO6/c1-31-21-13-11-18(15-22(21)32-2)24-23(20(28)12-10-17-7-4-3-5-8-17)25(29)26(30)27(24)16-19-9-6-14-33-19/h3-15,24,29H,16H2,1-2H3. The zero-order chi connectivity index (χ0) is 23.4. The smallest absolute Gasteiger partial charge is 0.290 e. The zero-order valence-electron chi connectivity index (χ0n) is 18.2. The number of carbonyl (C=O) groups excluding carboxylic acids is 2. The average molecular weight is 445 g/mol. The lowest BCUT2D eigenvalue weighted by Gasteiger charge is -2.26. The summed E-state index contributed by atoms with van der Waals surface area (Å²) < 4.78 is 16.1. The van der Waals surface area contributed by atoms with Crippen molar-refractivity contribution in [2.45, 2.75) is 12.6 Å². The molecule has 1 aromatic heterocycles. The van der Waals surface area contributed by atoms with Crippen LogP contribution in [0.5, 0.6) is 11.5 Å². The lowest BCUT2D eigenvalue weighted by molar-refractivity contribution is -0.130. The number of aliphatic hydroxyl groups excluding tert-OH is 1. The number of carbonyl (C=O) groups is 2. The van der Waals surface area contributed by atoms with E-state index in [9.17, 15) is 14.7 Å². The molecule has 1 atom stereocenters. The van der Waals surface area contributed by atoms with Crippen LogP contribution in [-0.4, -0.2) is 35.9 Å². The molecular formula is C26H23NO6. The second-order valence-corrected chi connectivity index (χ2v) is 7.40. The lowest BCUT2D eigenvalue weighted by atomic mass is 9.95. The minimum atomic E-state index is -0.838. The van der Waals surface area contributed by atoms with Crippen LogP contribution in [0.2, 0.25) is 0 Å². The Bertz CT molecular complexity index is 1210. The molecule has 1 amide bonds. The van der Waals surface area contributed by atoms with Crippen molar-refractivity contribution >= 4 is 17.8 Å². The number of amides is 1. The second-order valence-electron chi connectivity index (χ2n) is 7.40. The minimum absolute atomic E-state index is 0.00837. The first kappa shape index (κ1) is 22.0. The summed E-state index contributed by atoms with van der Waals surface area (Å²) in [5, 5.41) is 10.7. The molecule has 0 fully saturated rings. The van der Waals surface area contributed by atoms with Gasteiger partial charge < -0.3 is 23.9 Å². The van der Waals surface area contributed by atoms with Gasteiger partial charge in [-0.25, -0.2) is 0 Å². The highest BCUT2D eigenvalue weighted by Gasteiger charge is 2.43. The number of hydrogen-bond donors (Lipinski definition) is 1. The van der Waals surface area contributed by atoms with Crippen LogP contribution < -0.4 is 9.47 Å². The number of nitrogens with zero attached hydrogens (tertiary/aromatic N) is 1. The van der Waals surface area contributed by atoms with Crippen molar-refractivity contribution in [1.82, 2.24) is 4.90 Å². The highest BCUT2D eigenvalue weighted by molar-refractivity contribution is 6.14. The highest BCUT2D eigenvalue weighted by atomic mass is 16.5. The fourth-order valence-corrected chi connectivity index (χ4v) is 3.83.